The van der Waals surface area contributed by atoms with Crippen LogP contribution in [0.4, 0.5) is 16.4 Å². The number of pyridine rings is 1. The first-order valence-electron chi connectivity index (χ1n) is 12.7. The van der Waals surface area contributed by atoms with Gasteiger partial charge in [0.05, 0.1) is 17.2 Å². The summed E-state index contributed by atoms with van der Waals surface area (Å²) in [5, 5.41) is 21.5. The molecule has 8 nitrogen and oxygen atoms in total. The van der Waals surface area contributed by atoms with E-state index in [-0.39, 0.29) is 23.6 Å². The van der Waals surface area contributed by atoms with E-state index in [4.69, 9.17) is 0 Å². The van der Waals surface area contributed by atoms with Gasteiger partial charge in [0, 0.05) is 35.2 Å². The number of amides is 2. The van der Waals surface area contributed by atoms with Gasteiger partial charge in [-0.05, 0) is 86.6 Å². The Morgan fingerprint density at radius 3 is 2.71 bits per heavy atom. The van der Waals surface area contributed by atoms with Crippen molar-refractivity contribution in [2.75, 3.05) is 10.6 Å². The molecule has 2 aromatic heterocycles. The van der Waals surface area contributed by atoms with Gasteiger partial charge in [0.25, 0.3) is 0 Å². The number of nitrogens with zero attached hydrogens (tertiary/aromatic N) is 3. The number of urea groups is 1. The van der Waals surface area contributed by atoms with Crippen molar-refractivity contribution >= 4 is 28.6 Å². The van der Waals surface area contributed by atoms with Crippen LogP contribution >= 0.6 is 0 Å². The average molecular weight is 473 g/mol. The Balaban J connectivity index is 1.16. The van der Waals surface area contributed by atoms with E-state index < -0.39 is 5.60 Å². The lowest BCUT2D eigenvalue weighted by molar-refractivity contribution is -0.138. The highest BCUT2D eigenvalue weighted by Gasteiger charge is 2.57. The molecule has 3 unspecified atom stereocenters. The number of hydrogen-bond acceptors (Lipinski definition) is 6. The molecule has 7 rings (SSSR count). The monoisotopic (exact) mass is 472 g/mol. The van der Waals surface area contributed by atoms with Gasteiger partial charge in [-0.3, -0.25) is 10.3 Å². The minimum absolute atomic E-state index is 0.140. The minimum atomic E-state index is -0.619. The largest absolute Gasteiger partial charge is 0.390 e. The number of aromatic nitrogens is 3. The van der Waals surface area contributed by atoms with Gasteiger partial charge in [0.15, 0.2) is 0 Å². The molecule has 35 heavy (non-hydrogen) atoms. The highest BCUT2D eigenvalue weighted by atomic mass is 16.3. The van der Waals surface area contributed by atoms with E-state index in [9.17, 15) is 9.90 Å². The predicted molar refractivity (Wildman–Crippen MR) is 135 cm³/mol. The number of aliphatic hydroxyl groups is 1. The van der Waals surface area contributed by atoms with Crippen molar-refractivity contribution in [3.8, 4) is 0 Å². The summed E-state index contributed by atoms with van der Waals surface area (Å²) in [6, 6.07) is 9.83. The van der Waals surface area contributed by atoms with E-state index in [2.05, 4.69) is 43.9 Å². The van der Waals surface area contributed by atoms with Crippen LogP contribution in [0, 0.1) is 11.8 Å². The van der Waals surface area contributed by atoms with Crippen molar-refractivity contribution < 1.29 is 9.90 Å². The van der Waals surface area contributed by atoms with Gasteiger partial charge in [-0.15, -0.1) is 0 Å². The van der Waals surface area contributed by atoms with Crippen LogP contribution in [-0.4, -0.2) is 37.2 Å². The van der Waals surface area contributed by atoms with Crippen LogP contribution in [0.2, 0.25) is 0 Å². The third-order valence-electron chi connectivity index (χ3n) is 8.05. The molecule has 8 heteroatoms. The molecule has 2 heterocycles. The van der Waals surface area contributed by atoms with Crippen molar-refractivity contribution in [2.45, 2.75) is 69.1 Å². The van der Waals surface area contributed by atoms with Gasteiger partial charge in [0.1, 0.15) is 0 Å². The maximum Gasteiger partial charge on any atom is 0.322 e. The Morgan fingerprint density at radius 1 is 1.17 bits per heavy atom. The maximum absolute atomic E-state index is 12.9. The summed E-state index contributed by atoms with van der Waals surface area (Å²) >= 11 is 0. The third kappa shape index (κ3) is 4.43. The van der Waals surface area contributed by atoms with E-state index in [1.807, 2.05) is 30.5 Å². The molecule has 4 N–H and O–H groups in total. The number of nitrogens with one attached hydrogen (secondary N) is 3. The van der Waals surface area contributed by atoms with Crippen molar-refractivity contribution in [3.05, 3.63) is 54.5 Å². The van der Waals surface area contributed by atoms with E-state index in [1.165, 1.54) is 6.42 Å². The molecule has 1 aromatic carbocycles. The predicted octanol–water partition coefficient (Wildman–Crippen LogP) is 4.79. The van der Waals surface area contributed by atoms with Crippen LogP contribution in [0.25, 0.3) is 10.9 Å². The molecule has 2 amide bonds. The van der Waals surface area contributed by atoms with Gasteiger partial charge in [-0.1, -0.05) is 13.0 Å². The van der Waals surface area contributed by atoms with Gasteiger partial charge >= 0.3 is 6.03 Å². The van der Waals surface area contributed by atoms with Crippen molar-refractivity contribution in [3.63, 3.8) is 0 Å². The fourth-order valence-electron chi connectivity index (χ4n) is 7.11. The van der Waals surface area contributed by atoms with E-state index in [0.717, 1.165) is 54.3 Å². The lowest BCUT2D eigenvalue weighted by atomic mass is 9.51. The zero-order valence-corrected chi connectivity index (χ0v) is 20.0. The second-order valence-electron chi connectivity index (χ2n) is 10.9. The van der Waals surface area contributed by atoms with Gasteiger partial charge < -0.3 is 15.7 Å². The standard InChI is InChI=1S/C27H32N6O2/c1-2-22(19-4-3-7-28-14-19)30-21-6-5-20-15-29-24(31-23(20)9-21)32-25(34)33-26-10-17-8-18(11-26)13-27(35,12-17)16-26/h3-7,9,14-15,17-18,22,30,35H,2,8,10-13,16H2,1H3,(H2,29,31,32,33,34). The first-order valence-corrected chi connectivity index (χ1v) is 12.7. The van der Waals surface area contributed by atoms with Crippen LogP contribution in [0.15, 0.2) is 48.9 Å². The van der Waals surface area contributed by atoms with Crippen LogP contribution < -0.4 is 16.0 Å². The molecule has 4 aliphatic rings. The Bertz CT molecular complexity index is 1230. The number of fused-ring (bicyclic) bond motifs is 1. The van der Waals surface area contributed by atoms with Crippen LogP contribution in [0.1, 0.15) is 63.5 Å². The Morgan fingerprint density at radius 2 is 2.00 bits per heavy atom. The van der Waals surface area contributed by atoms with Crippen molar-refractivity contribution in [1.29, 1.82) is 0 Å². The summed E-state index contributed by atoms with van der Waals surface area (Å²) in [6.45, 7) is 2.14. The molecule has 4 saturated carbocycles. The zero-order valence-electron chi connectivity index (χ0n) is 20.0. The number of rotatable bonds is 6. The highest BCUT2D eigenvalue weighted by molar-refractivity contribution is 5.90. The quantitative estimate of drug-likeness (QED) is 0.410. The first-order chi connectivity index (χ1) is 16.9. The molecule has 4 fully saturated rings. The summed E-state index contributed by atoms with van der Waals surface area (Å²) in [5.74, 6) is 1.28. The van der Waals surface area contributed by atoms with Gasteiger partial charge in [-0.2, -0.15) is 0 Å². The molecule has 0 spiro atoms. The SMILES string of the molecule is CCC(Nc1ccc2cnc(NC(=O)NC34CC5CC(CC(O)(C5)C3)C4)nc2c1)c1cccnc1. The minimum Gasteiger partial charge on any atom is -0.390 e. The van der Waals surface area contributed by atoms with Crippen LogP contribution in [0.5, 0.6) is 0 Å². The molecule has 0 radical (unpaired) electrons. The molecular formula is C27H32N6O2. The second-order valence-corrected chi connectivity index (χ2v) is 10.9. The number of hydrogen-bond donors (Lipinski definition) is 4. The first kappa shape index (κ1) is 22.2. The summed E-state index contributed by atoms with van der Waals surface area (Å²) in [5.41, 5.74) is 1.89. The lowest BCUT2D eigenvalue weighted by Gasteiger charge is -2.60. The van der Waals surface area contributed by atoms with Gasteiger partial charge in [-0.25, -0.2) is 14.8 Å². The number of carbonyl (C=O) groups excluding carboxylic acids is 1. The molecule has 3 atom stereocenters. The third-order valence-corrected chi connectivity index (χ3v) is 8.05. The summed E-state index contributed by atoms with van der Waals surface area (Å²) in [4.78, 5) is 26.1. The second kappa shape index (κ2) is 8.45. The summed E-state index contributed by atoms with van der Waals surface area (Å²) in [6.07, 6.45) is 11.8. The van der Waals surface area contributed by atoms with Crippen LogP contribution in [0.3, 0.4) is 0 Å². The normalized spacial score (nSPS) is 29.7. The fraction of sp³-hybridized carbons (Fsp3) is 0.481. The number of carbonyl (C=O) groups is 1. The average Bonchev–Trinajstić information content (AvgIpc) is 2.81. The van der Waals surface area contributed by atoms with Crippen molar-refractivity contribution in [1.82, 2.24) is 20.3 Å². The van der Waals surface area contributed by atoms with E-state index >= 15 is 0 Å². The number of benzene rings is 1. The molecular weight excluding hydrogens is 440 g/mol. The molecule has 0 saturated heterocycles. The Kier molecular flexibility index (Phi) is 5.36. The molecule has 182 valence electrons. The molecule has 3 aromatic rings. The zero-order chi connectivity index (χ0) is 24.0. The van der Waals surface area contributed by atoms with E-state index in [1.54, 1.807) is 12.4 Å². The fourth-order valence-corrected chi connectivity index (χ4v) is 7.11. The Hall–Kier alpha value is -3.26. The number of anilines is 2. The molecule has 0 aliphatic heterocycles. The van der Waals surface area contributed by atoms with E-state index in [0.29, 0.717) is 18.3 Å². The summed E-state index contributed by atoms with van der Waals surface area (Å²) in [7, 11) is 0. The smallest absolute Gasteiger partial charge is 0.322 e. The molecule has 4 bridgehead atoms. The van der Waals surface area contributed by atoms with Crippen molar-refractivity contribution in [2.24, 2.45) is 11.8 Å². The Labute approximate surface area is 205 Å². The summed E-state index contributed by atoms with van der Waals surface area (Å²) < 4.78 is 0. The lowest BCUT2D eigenvalue weighted by Crippen LogP contribution is -2.65. The maximum atomic E-state index is 12.9. The highest BCUT2D eigenvalue weighted by Crippen LogP contribution is 2.57. The van der Waals surface area contributed by atoms with Gasteiger partial charge in [0.2, 0.25) is 5.95 Å². The van der Waals surface area contributed by atoms with Crippen LogP contribution in [-0.2, 0) is 0 Å². The topological polar surface area (TPSA) is 112 Å². The molecule has 4 aliphatic carbocycles.